The van der Waals surface area contributed by atoms with Crippen molar-refractivity contribution in [2.45, 2.75) is 62.4 Å². The third-order valence-corrected chi connectivity index (χ3v) is 9.67. The predicted molar refractivity (Wildman–Crippen MR) is 154 cm³/mol. The van der Waals surface area contributed by atoms with Crippen LogP contribution in [0.1, 0.15) is 64.5 Å². The minimum atomic E-state index is -1.04. The molecular weight excluding hydrogens is 526 g/mol. The first-order chi connectivity index (χ1) is 19.4. The number of ether oxygens (including phenoxy) is 1. The highest BCUT2D eigenvalue weighted by Crippen LogP contribution is 2.35. The number of rotatable bonds is 7. The molecule has 2 N–H and O–H groups in total. The number of carbonyl (C=O) groups excluding carboxylic acids is 1. The molecule has 1 aromatic carbocycles. The van der Waals surface area contributed by atoms with Gasteiger partial charge < -0.3 is 24.8 Å². The van der Waals surface area contributed by atoms with Crippen LogP contribution < -0.4 is 15.5 Å². The number of aryl methyl sites for hydroxylation is 3. The van der Waals surface area contributed by atoms with Gasteiger partial charge in [0.2, 0.25) is 10.8 Å². The Morgan fingerprint density at radius 2 is 1.88 bits per heavy atom. The van der Waals surface area contributed by atoms with Gasteiger partial charge in [0.15, 0.2) is 5.82 Å². The van der Waals surface area contributed by atoms with Crippen LogP contribution in [0.15, 0.2) is 35.4 Å². The molecule has 2 saturated heterocycles. The summed E-state index contributed by atoms with van der Waals surface area (Å²) in [5, 5.41) is 10.9. The van der Waals surface area contributed by atoms with Gasteiger partial charge in [-0.15, -0.1) is 0 Å². The van der Waals surface area contributed by atoms with Gasteiger partial charge in [0, 0.05) is 69.7 Å². The van der Waals surface area contributed by atoms with Gasteiger partial charge in [0.25, 0.3) is 5.91 Å². The molecule has 1 unspecified atom stereocenters. The highest BCUT2D eigenvalue weighted by atomic mass is 32.2. The Kier molecular flexibility index (Phi) is 7.95. The molecule has 5 heterocycles. The van der Waals surface area contributed by atoms with Gasteiger partial charge in [-0.05, 0) is 67.4 Å². The number of carbonyl (C=O) groups is 1. The van der Waals surface area contributed by atoms with E-state index in [4.69, 9.17) is 14.7 Å². The quantitative estimate of drug-likeness (QED) is 0.421. The average Bonchev–Trinajstić information content (AvgIpc) is 3.52. The molecular formula is C29H37N7O3S. The molecule has 11 heteroatoms. The van der Waals surface area contributed by atoms with Crippen LogP contribution in [0.4, 0.5) is 11.8 Å². The van der Waals surface area contributed by atoms with E-state index in [0.717, 1.165) is 92.0 Å². The Morgan fingerprint density at radius 3 is 2.58 bits per heavy atom. The molecule has 2 aromatic heterocycles. The Morgan fingerprint density at radius 1 is 1.12 bits per heavy atom. The Hall–Kier alpha value is -3.15. The van der Waals surface area contributed by atoms with E-state index in [9.17, 15) is 9.35 Å². The SMILES string of the molecule is Cc1nn(C)cc1CNC(=O)c1ccc(C2CCN(c3nc4c(c(NC5CCOCC5)n3)[S+]([O-])CC4)CC2)cc1. The third-order valence-electron chi connectivity index (χ3n) is 8.21. The molecule has 2 fully saturated rings. The summed E-state index contributed by atoms with van der Waals surface area (Å²) in [4.78, 5) is 25.5. The second-order valence-electron chi connectivity index (χ2n) is 11.0. The van der Waals surface area contributed by atoms with Crippen LogP contribution in [0.2, 0.25) is 0 Å². The van der Waals surface area contributed by atoms with Gasteiger partial charge in [-0.1, -0.05) is 12.1 Å². The standard InChI is InChI=1S/C29H37N7O3S/c1-19-23(18-35(2)34-19)17-30-28(37)22-5-3-20(4-6-22)21-7-12-36(13-8-21)29-32-25-11-16-40(38)26(25)27(33-29)31-24-9-14-39-15-10-24/h3-6,18,21,24H,7-17H2,1-2H3,(H,30,37)(H,31,32,33). The molecule has 0 radical (unpaired) electrons. The van der Waals surface area contributed by atoms with E-state index in [1.165, 1.54) is 5.56 Å². The first-order valence-corrected chi connectivity index (χ1v) is 15.5. The van der Waals surface area contributed by atoms with Crippen molar-refractivity contribution in [2.75, 3.05) is 42.3 Å². The molecule has 1 amide bonds. The second kappa shape index (κ2) is 11.8. The first-order valence-electron chi connectivity index (χ1n) is 14.2. The number of aromatic nitrogens is 4. The van der Waals surface area contributed by atoms with Gasteiger partial charge in [0.05, 0.1) is 5.69 Å². The molecule has 0 bridgehead atoms. The van der Waals surface area contributed by atoms with Crippen LogP contribution in [0.3, 0.4) is 0 Å². The maximum absolute atomic E-state index is 12.7. The highest BCUT2D eigenvalue weighted by molar-refractivity contribution is 7.91. The largest absolute Gasteiger partial charge is 0.611 e. The van der Waals surface area contributed by atoms with Crippen molar-refractivity contribution in [3.8, 4) is 0 Å². The zero-order valence-corrected chi connectivity index (χ0v) is 24.0. The van der Waals surface area contributed by atoms with Crippen LogP contribution in [0, 0.1) is 6.92 Å². The summed E-state index contributed by atoms with van der Waals surface area (Å²) in [7, 11) is 1.88. The lowest BCUT2D eigenvalue weighted by atomic mass is 9.89. The predicted octanol–water partition coefficient (Wildman–Crippen LogP) is 3.09. The van der Waals surface area contributed by atoms with Crippen molar-refractivity contribution in [1.29, 1.82) is 0 Å². The topological polar surface area (TPSA) is 120 Å². The fraction of sp³-hybridized carbons (Fsp3) is 0.517. The summed E-state index contributed by atoms with van der Waals surface area (Å²) in [5.41, 5.74) is 4.79. The summed E-state index contributed by atoms with van der Waals surface area (Å²) in [6, 6.07) is 8.30. The van der Waals surface area contributed by atoms with Crippen LogP contribution in [-0.4, -0.2) is 68.3 Å². The number of benzene rings is 1. The maximum Gasteiger partial charge on any atom is 0.251 e. The number of hydrogen-bond donors (Lipinski definition) is 2. The number of nitrogens with one attached hydrogen (secondary N) is 2. The monoisotopic (exact) mass is 563 g/mol. The summed E-state index contributed by atoms with van der Waals surface area (Å²) >= 11 is -1.04. The van der Waals surface area contributed by atoms with E-state index in [-0.39, 0.29) is 11.9 Å². The average molecular weight is 564 g/mol. The van der Waals surface area contributed by atoms with Crippen molar-refractivity contribution >= 4 is 28.8 Å². The molecule has 0 saturated carbocycles. The van der Waals surface area contributed by atoms with E-state index in [0.29, 0.717) is 23.8 Å². The summed E-state index contributed by atoms with van der Waals surface area (Å²) < 4.78 is 20.0. The molecule has 6 rings (SSSR count). The van der Waals surface area contributed by atoms with Crippen molar-refractivity contribution in [3.05, 3.63) is 58.5 Å². The zero-order valence-electron chi connectivity index (χ0n) is 23.2. The number of nitrogens with zero attached hydrogens (tertiary/aromatic N) is 5. The second-order valence-corrected chi connectivity index (χ2v) is 12.5. The number of piperidine rings is 1. The summed E-state index contributed by atoms with van der Waals surface area (Å²) in [6.45, 7) is 5.61. The van der Waals surface area contributed by atoms with Gasteiger partial charge in [-0.3, -0.25) is 9.48 Å². The molecule has 3 aromatic rings. The number of anilines is 2. The van der Waals surface area contributed by atoms with E-state index in [2.05, 4.69) is 32.8 Å². The molecule has 3 aliphatic heterocycles. The fourth-order valence-electron chi connectivity index (χ4n) is 5.88. The molecule has 3 aliphatic rings. The maximum atomic E-state index is 12.7. The van der Waals surface area contributed by atoms with E-state index < -0.39 is 11.2 Å². The van der Waals surface area contributed by atoms with Gasteiger partial charge in [-0.25, -0.2) is 4.98 Å². The van der Waals surface area contributed by atoms with Crippen LogP contribution in [0.25, 0.3) is 0 Å². The summed E-state index contributed by atoms with van der Waals surface area (Å²) in [6.07, 6.45) is 6.50. The van der Waals surface area contributed by atoms with E-state index >= 15 is 0 Å². The van der Waals surface area contributed by atoms with Crippen molar-refractivity contribution in [2.24, 2.45) is 7.05 Å². The fourth-order valence-corrected chi connectivity index (χ4v) is 7.19. The normalized spacial score (nSPS) is 20.0. The number of amides is 1. The third kappa shape index (κ3) is 5.82. The Bertz CT molecular complexity index is 1350. The molecule has 0 aliphatic carbocycles. The highest BCUT2D eigenvalue weighted by Gasteiger charge is 2.34. The van der Waals surface area contributed by atoms with Gasteiger partial charge in [0.1, 0.15) is 11.4 Å². The molecule has 212 valence electrons. The van der Waals surface area contributed by atoms with Gasteiger partial charge in [-0.2, -0.15) is 10.1 Å². The van der Waals surface area contributed by atoms with Crippen molar-refractivity contribution in [1.82, 2.24) is 25.1 Å². The number of fused-ring (bicyclic) bond motifs is 1. The molecule has 10 nitrogen and oxygen atoms in total. The smallest absolute Gasteiger partial charge is 0.251 e. The lowest BCUT2D eigenvalue weighted by Crippen LogP contribution is -2.35. The van der Waals surface area contributed by atoms with Crippen LogP contribution in [0.5, 0.6) is 0 Å². The van der Waals surface area contributed by atoms with Crippen LogP contribution in [-0.2, 0) is 35.9 Å². The lowest BCUT2D eigenvalue weighted by Gasteiger charge is -2.33. The molecule has 0 spiro atoms. The Balaban J connectivity index is 1.07. The minimum absolute atomic E-state index is 0.0792. The molecule has 40 heavy (non-hydrogen) atoms. The first kappa shape index (κ1) is 27.0. The zero-order chi connectivity index (χ0) is 27.6. The lowest BCUT2D eigenvalue weighted by molar-refractivity contribution is 0.0903. The minimum Gasteiger partial charge on any atom is -0.611 e. The Labute approximate surface area is 238 Å². The van der Waals surface area contributed by atoms with E-state index in [1.807, 2.05) is 32.3 Å². The number of hydrogen-bond acceptors (Lipinski definition) is 8. The van der Waals surface area contributed by atoms with E-state index in [1.54, 1.807) is 4.68 Å². The molecule has 1 atom stereocenters. The van der Waals surface area contributed by atoms with Crippen molar-refractivity contribution in [3.63, 3.8) is 0 Å². The summed E-state index contributed by atoms with van der Waals surface area (Å²) in [5.74, 6) is 2.45. The van der Waals surface area contributed by atoms with Gasteiger partial charge >= 0.3 is 0 Å². The van der Waals surface area contributed by atoms with Crippen LogP contribution >= 0.6 is 0 Å². The van der Waals surface area contributed by atoms with Crippen molar-refractivity contribution < 1.29 is 14.1 Å².